The number of carbonyl (C=O) groups excluding carboxylic acids is 1. The van der Waals surface area contributed by atoms with Crippen molar-refractivity contribution in [2.45, 2.75) is 32.0 Å². The monoisotopic (exact) mass is 365 g/mol. The number of para-hydroxylation sites is 2. The van der Waals surface area contributed by atoms with Crippen LogP contribution in [0.5, 0.6) is 5.75 Å². The van der Waals surface area contributed by atoms with E-state index in [0.717, 1.165) is 41.0 Å². The Morgan fingerprint density at radius 3 is 2.81 bits per heavy atom. The van der Waals surface area contributed by atoms with Crippen LogP contribution in [0.25, 0.3) is 11.0 Å². The Morgan fingerprint density at radius 1 is 1.26 bits per heavy atom. The van der Waals surface area contributed by atoms with Gasteiger partial charge >= 0.3 is 0 Å². The van der Waals surface area contributed by atoms with Crippen molar-refractivity contribution in [1.82, 2.24) is 14.9 Å². The molecule has 1 aromatic heterocycles. The lowest BCUT2D eigenvalue weighted by Gasteiger charge is -2.13. The number of fused-ring (bicyclic) bond motifs is 1. The Bertz CT molecular complexity index is 927. The van der Waals surface area contributed by atoms with E-state index in [0.29, 0.717) is 19.7 Å². The highest BCUT2D eigenvalue weighted by Gasteiger charge is 2.23. The van der Waals surface area contributed by atoms with Crippen LogP contribution in [0.15, 0.2) is 48.5 Å². The SMILES string of the molecule is COc1ccc(Cn2c(CNC(=O)C3CCCO3)nc3ccccc32)cc1. The Kier molecular flexibility index (Phi) is 5.07. The molecule has 140 valence electrons. The van der Waals surface area contributed by atoms with E-state index in [9.17, 15) is 4.79 Å². The molecule has 1 aliphatic rings. The summed E-state index contributed by atoms with van der Waals surface area (Å²) in [6.45, 7) is 1.72. The van der Waals surface area contributed by atoms with Gasteiger partial charge in [-0.15, -0.1) is 0 Å². The minimum Gasteiger partial charge on any atom is -0.497 e. The van der Waals surface area contributed by atoms with Crippen LogP contribution in [0.3, 0.4) is 0 Å². The summed E-state index contributed by atoms with van der Waals surface area (Å²) in [4.78, 5) is 17.0. The maximum absolute atomic E-state index is 12.3. The van der Waals surface area contributed by atoms with E-state index in [1.165, 1.54) is 0 Å². The molecule has 6 heteroatoms. The molecule has 0 spiro atoms. The number of aromatic nitrogens is 2. The van der Waals surface area contributed by atoms with E-state index in [2.05, 4.69) is 16.0 Å². The Hall–Kier alpha value is -2.86. The van der Waals surface area contributed by atoms with Gasteiger partial charge in [-0.2, -0.15) is 0 Å². The molecule has 2 heterocycles. The molecule has 0 aliphatic carbocycles. The first-order chi connectivity index (χ1) is 13.2. The zero-order chi connectivity index (χ0) is 18.6. The normalized spacial score (nSPS) is 16.6. The highest BCUT2D eigenvalue weighted by atomic mass is 16.5. The maximum Gasteiger partial charge on any atom is 0.249 e. The molecule has 6 nitrogen and oxygen atoms in total. The summed E-state index contributed by atoms with van der Waals surface area (Å²) in [7, 11) is 1.66. The molecule has 1 atom stereocenters. The van der Waals surface area contributed by atoms with Gasteiger partial charge in [-0.1, -0.05) is 24.3 Å². The van der Waals surface area contributed by atoms with Gasteiger partial charge in [0.15, 0.2) is 0 Å². The van der Waals surface area contributed by atoms with Crippen molar-refractivity contribution in [3.63, 3.8) is 0 Å². The maximum atomic E-state index is 12.3. The molecule has 0 bridgehead atoms. The Morgan fingerprint density at radius 2 is 2.07 bits per heavy atom. The zero-order valence-corrected chi connectivity index (χ0v) is 15.4. The van der Waals surface area contributed by atoms with E-state index < -0.39 is 0 Å². The fourth-order valence-corrected chi connectivity index (χ4v) is 3.41. The lowest BCUT2D eigenvalue weighted by atomic mass is 10.2. The fraction of sp³-hybridized carbons (Fsp3) is 0.333. The fourth-order valence-electron chi connectivity index (χ4n) is 3.41. The van der Waals surface area contributed by atoms with Gasteiger partial charge in [0, 0.05) is 13.2 Å². The first-order valence-corrected chi connectivity index (χ1v) is 9.21. The molecule has 4 rings (SSSR count). The Labute approximate surface area is 158 Å². The van der Waals surface area contributed by atoms with Crippen LogP contribution in [0.4, 0.5) is 0 Å². The van der Waals surface area contributed by atoms with Crippen molar-refractivity contribution in [1.29, 1.82) is 0 Å². The second-order valence-electron chi connectivity index (χ2n) is 6.67. The highest BCUT2D eigenvalue weighted by Crippen LogP contribution is 2.20. The van der Waals surface area contributed by atoms with Gasteiger partial charge in [-0.05, 0) is 42.7 Å². The van der Waals surface area contributed by atoms with E-state index >= 15 is 0 Å². The van der Waals surface area contributed by atoms with Gasteiger partial charge in [0.05, 0.1) is 24.7 Å². The second-order valence-corrected chi connectivity index (χ2v) is 6.67. The molecule has 3 aromatic rings. The Balaban J connectivity index is 1.57. The van der Waals surface area contributed by atoms with E-state index in [-0.39, 0.29) is 12.0 Å². The average molecular weight is 365 g/mol. The molecule has 1 amide bonds. The van der Waals surface area contributed by atoms with Crippen molar-refractivity contribution in [2.75, 3.05) is 13.7 Å². The van der Waals surface area contributed by atoms with Crippen molar-refractivity contribution in [3.8, 4) is 5.75 Å². The van der Waals surface area contributed by atoms with Crippen molar-refractivity contribution >= 4 is 16.9 Å². The lowest BCUT2D eigenvalue weighted by molar-refractivity contribution is -0.130. The average Bonchev–Trinajstić information content (AvgIpc) is 3.36. The number of carbonyl (C=O) groups is 1. The van der Waals surface area contributed by atoms with Crippen molar-refractivity contribution < 1.29 is 14.3 Å². The van der Waals surface area contributed by atoms with Crippen LogP contribution < -0.4 is 10.1 Å². The molecule has 1 aliphatic heterocycles. The first-order valence-electron chi connectivity index (χ1n) is 9.21. The van der Waals surface area contributed by atoms with Gasteiger partial charge < -0.3 is 19.4 Å². The quantitative estimate of drug-likeness (QED) is 0.729. The molecule has 1 N–H and O–H groups in total. The minimum absolute atomic E-state index is 0.0597. The number of hydrogen-bond donors (Lipinski definition) is 1. The largest absolute Gasteiger partial charge is 0.497 e. The van der Waals surface area contributed by atoms with Crippen LogP contribution in [0.2, 0.25) is 0 Å². The summed E-state index contributed by atoms with van der Waals surface area (Å²) in [6.07, 6.45) is 1.40. The van der Waals surface area contributed by atoms with Gasteiger partial charge in [0.1, 0.15) is 17.7 Å². The lowest BCUT2D eigenvalue weighted by Crippen LogP contribution is -2.34. The topological polar surface area (TPSA) is 65.4 Å². The number of nitrogens with zero attached hydrogens (tertiary/aromatic N) is 2. The first kappa shape index (κ1) is 17.5. The molecular formula is C21H23N3O3. The summed E-state index contributed by atoms with van der Waals surface area (Å²) >= 11 is 0. The molecule has 0 saturated carbocycles. The highest BCUT2D eigenvalue weighted by molar-refractivity contribution is 5.81. The number of hydrogen-bond acceptors (Lipinski definition) is 4. The van der Waals surface area contributed by atoms with E-state index in [4.69, 9.17) is 14.5 Å². The summed E-state index contributed by atoms with van der Waals surface area (Å²) in [5, 5.41) is 2.98. The number of amides is 1. The van der Waals surface area contributed by atoms with Crippen LogP contribution in [0.1, 0.15) is 24.2 Å². The number of ether oxygens (including phenoxy) is 2. The summed E-state index contributed by atoms with van der Waals surface area (Å²) in [5.74, 6) is 1.60. The summed E-state index contributed by atoms with van der Waals surface area (Å²) in [6, 6.07) is 16.0. The van der Waals surface area contributed by atoms with Gasteiger partial charge in [-0.25, -0.2) is 4.98 Å². The van der Waals surface area contributed by atoms with Crippen molar-refractivity contribution in [2.24, 2.45) is 0 Å². The third kappa shape index (κ3) is 3.80. The molecule has 27 heavy (non-hydrogen) atoms. The third-order valence-electron chi connectivity index (χ3n) is 4.88. The summed E-state index contributed by atoms with van der Waals surface area (Å²) < 4.78 is 12.8. The van der Waals surface area contributed by atoms with Gasteiger partial charge in [0.25, 0.3) is 0 Å². The predicted octanol–water partition coefficient (Wildman–Crippen LogP) is 2.89. The van der Waals surface area contributed by atoms with Crippen LogP contribution in [-0.4, -0.2) is 35.3 Å². The summed E-state index contributed by atoms with van der Waals surface area (Å²) in [5.41, 5.74) is 3.12. The number of methoxy groups -OCH3 is 1. The van der Waals surface area contributed by atoms with Crippen LogP contribution >= 0.6 is 0 Å². The van der Waals surface area contributed by atoms with Gasteiger partial charge in [0.2, 0.25) is 5.91 Å². The van der Waals surface area contributed by atoms with Crippen LogP contribution in [0, 0.1) is 0 Å². The van der Waals surface area contributed by atoms with E-state index in [1.54, 1.807) is 7.11 Å². The van der Waals surface area contributed by atoms with Crippen LogP contribution in [-0.2, 0) is 22.6 Å². The smallest absolute Gasteiger partial charge is 0.249 e. The second kappa shape index (κ2) is 7.80. The minimum atomic E-state index is -0.329. The standard InChI is InChI=1S/C21H23N3O3/c1-26-16-10-8-15(9-11-16)14-24-18-6-3-2-5-17(18)23-20(24)13-22-21(25)19-7-4-12-27-19/h2-3,5-6,8-11,19H,4,7,12-14H2,1H3,(H,22,25). The molecule has 1 saturated heterocycles. The number of nitrogens with one attached hydrogen (secondary N) is 1. The molecule has 1 unspecified atom stereocenters. The predicted molar refractivity (Wildman–Crippen MR) is 103 cm³/mol. The molecule has 1 fully saturated rings. The number of imidazole rings is 1. The molecular weight excluding hydrogens is 342 g/mol. The molecule has 0 radical (unpaired) electrons. The van der Waals surface area contributed by atoms with E-state index in [1.807, 2.05) is 42.5 Å². The number of rotatable bonds is 6. The van der Waals surface area contributed by atoms with Crippen molar-refractivity contribution in [3.05, 3.63) is 59.9 Å². The molecule has 2 aromatic carbocycles. The number of benzene rings is 2. The third-order valence-corrected chi connectivity index (χ3v) is 4.88. The zero-order valence-electron chi connectivity index (χ0n) is 15.4. The van der Waals surface area contributed by atoms with Gasteiger partial charge in [-0.3, -0.25) is 4.79 Å².